The van der Waals surface area contributed by atoms with Crippen LogP contribution in [-0.4, -0.2) is 48.5 Å². The summed E-state index contributed by atoms with van der Waals surface area (Å²) < 4.78 is 33.4. The summed E-state index contributed by atoms with van der Waals surface area (Å²) >= 11 is 0. The number of anilines is 1. The topological polar surface area (TPSA) is 57.7 Å². The third kappa shape index (κ3) is 5.71. The third-order valence-electron chi connectivity index (χ3n) is 5.56. The van der Waals surface area contributed by atoms with Crippen molar-refractivity contribution in [2.45, 2.75) is 19.5 Å². The van der Waals surface area contributed by atoms with Gasteiger partial charge in [0.25, 0.3) is 5.91 Å². The number of carbonyl (C=O) groups is 1. The van der Waals surface area contributed by atoms with Gasteiger partial charge in [-0.05, 0) is 55.0 Å². The normalized spacial score (nSPS) is 16.4. The second-order valence-corrected chi connectivity index (χ2v) is 8.18. The number of pyridine rings is 1. The highest BCUT2D eigenvalue weighted by atomic mass is 19.1. The standard InChI is InChI=1S/C25H26F2N4O2/c1-17-15-31(12-11-28-17)16-18-3-9-23(22(27)13-18)30(2)25(32)19-4-10-24(29-14-19)33-21-7-5-20(26)6-8-21/h3-10,13-14,17,28H,11-12,15-16H2,1-2H3/t17-/m0/s1. The van der Waals surface area contributed by atoms with Crippen molar-refractivity contribution in [3.63, 3.8) is 0 Å². The summed E-state index contributed by atoms with van der Waals surface area (Å²) in [6, 6.07) is 14.0. The Balaban J connectivity index is 1.41. The van der Waals surface area contributed by atoms with Crippen LogP contribution in [0.3, 0.4) is 0 Å². The van der Waals surface area contributed by atoms with Crippen LogP contribution < -0.4 is 15.0 Å². The van der Waals surface area contributed by atoms with E-state index in [1.807, 2.05) is 6.07 Å². The number of benzene rings is 2. The first-order chi connectivity index (χ1) is 15.9. The zero-order valence-corrected chi connectivity index (χ0v) is 18.6. The van der Waals surface area contributed by atoms with Crippen LogP contribution in [-0.2, 0) is 6.54 Å². The molecule has 1 amide bonds. The number of piperazine rings is 1. The number of amides is 1. The van der Waals surface area contributed by atoms with Crippen molar-refractivity contribution < 1.29 is 18.3 Å². The van der Waals surface area contributed by atoms with Gasteiger partial charge in [-0.25, -0.2) is 13.8 Å². The van der Waals surface area contributed by atoms with E-state index in [0.717, 1.165) is 25.2 Å². The van der Waals surface area contributed by atoms with Gasteiger partial charge in [-0.1, -0.05) is 6.07 Å². The quantitative estimate of drug-likeness (QED) is 0.607. The minimum Gasteiger partial charge on any atom is -0.439 e. The molecule has 0 radical (unpaired) electrons. The van der Waals surface area contributed by atoms with Crippen molar-refractivity contribution in [1.82, 2.24) is 15.2 Å². The Morgan fingerprint density at radius 2 is 1.97 bits per heavy atom. The molecule has 1 N–H and O–H groups in total. The first-order valence-electron chi connectivity index (χ1n) is 10.8. The van der Waals surface area contributed by atoms with E-state index in [-0.39, 0.29) is 17.4 Å². The smallest absolute Gasteiger partial charge is 0.259 e. The fourth-order valence-corrected chi connectivity index (χ4v) is 3.83. The van der Waals surface area contributed by atoms with Gasteiger partial charge in [-0.15, -0.1) is 0 Å². The number of aromatic nitrogens is 1. The average Bonchev–Trinajstić information content (AvgIpc) is 2.80. The van der Waals surface area contributed by atoms with E-state index in [1.54, 1.807) is 18.2 Å². The monoisotopic (exact) mass is 452 g/mol. The summed E-state index contributed by atoms with van der Waals surface area (Å²) in [5.41, 5.74) is 1.36. The molecule has 33 heavy (non-hydrogen) atoms. The highest BCUT2D eigenvalue weighted by Crippen LogP contribution is 2.24. The number of nitrogens with zero attached hydrogens (tertiary/aromatic N) is 3. The van der Waals surface area contributed by atoms with Gasteiger partial charge in [-0.2, -0.15) is 0 Å². The van der Waals surface area contributed by atoms with Crippen LogP contribution in [0.1, 0.15) is 22.8 Å². The molecular formula is C25H26F2N4O2. The van der Waals surface area contributed by atoms with Crippen LogP contribution >= 0.6 is 0 Å². The first kappa shape index (κ1) is 22.8. The molecule has 172 valence electrons. The number of hydrogen-bond acceptors (Lipinski definition) is 5. The summed E-state index contributed by atoms with van der Waals surface area (Å²) in [4.78, 5) is 20.5. The zero-order chi connectivity index (χ0) is 23.4. The van der Waals surface area contributed by atoms with Gasteiger partial charge >= 0.3 is 0 Å². The number of hydrogen-bond donors (Lipinski definition) is 1. The third-order valence-corrected chi connectivity index (χ3v) is 5.56. The van der Waals surface area contributed by atoms with E-state index in [4.69, 9.17) is 4.74 Å². The van der Waals surface area contributed by atoms with E-state index in [1.165, 1.54) is 48.5 Å². The number of rotatable bonds is 6. The summed E-state index contributed by atoms with van der Waals surface area (Å²) in [5.74, 6) is -0.511. The van der Waals surface area contributed by atoms with Crippen LogP contribution in [0.2, 0.25) is 0 Å². The Kier molecular flexibility index (Phi) is 6.96. The average molecular weight is 453 g/mol. The van der Waals surface area contributed by atoms with Crippen LogP contribution in [0.5, 0.6) is 11.6 Å². The summed E-state index contributed by atoms with van der Waals surface area (Å²) in [5, 5.41) is 3.39. The Bertz CT molecular complexity index is 1110. The van der Waals surface area contributed by atoms with Crippen molar-refractivity contribution >= 4 is 11.6 Å². The Hall–Kier alpha value is -3.36. The van der Waals surface area contributed by atoms with E-state index in [0.29, 0.717) is 23.9 Å². The predicted molar refractivity (Wildman–Crippen MR) is 123 cm³/mol. The molecule has 1 fully saturated rings. The number of ether oxygens (including phenoxy) is 1. The van der Waals surface area contributed by atoms with Gasteiger partial charge < -0.3 is 15.0 Å². The molecule has 1 aliphatic heterocycles. The second kappa shape index (κ2) is 10.1. The van der Waals surface area contributed by atoms with E-state index < -0.39 is 11.7 Å². The zero-order valence-electron chi connectivity index (χ0n) is 18.6. The van der Waals surface area contributed by atoms with Crippen LogP contribution in [0.25, 0.3) is 0 Å². The molecule has 6 nitrogen and oxygen atoms in total. The fourth-order valence-electron chi connectivity index (χ4n) is 3.83. The molecular weight excluding hydrogens is 426 g/mol. The molecule has 0 aliphatic carbocycles. The van der Waals surface area contributed by atoms with E-state index >= 15 is 0 Å². The first-order valence-corrected chi connectivity index (χ1v) is 10.8. The van der Waals surface area contributed by atoms with Crippen molar-refractivity contribution in [1.29, 1.82) is 0 Å². The lowest BCUT2D eigenvalue weighted by Crippen LogP contribution is -2.48. The number of carbonyl (C=O) groups excluding carboxylic acids is 1. The number of nitrogens with one attached hydrogen (secondary N) is 1. The van der Waals surface area contributed by atoms with E-state index in [2.05, 4.69) is 22.1 Å². The lowest BCUT2D eigenvalue weighted by molar-refractivity contribution is 0.0991. The summed E-state index contributed by atoms with van der Waals surface area (Å²) in [7, 11) is 1.53. The molecule has 0 spiro atoms. The minimum absolute atomic E-state index is 0.198. The Labute approximate surface area is 191 Å². The Morgan fingerprint density at radius 1 is 1.18 bits per heavy atom. The predicted octanol–water partition coefficient (Wildman–Crippen LogP) is 4.22. The number of halogens is 2. The largest absolute Gasteiger partial charge is 0.439 e. The molecule has 1 aromatic heterocycles. The van der Waals surface area contributed by atoms with Crippen molar-refractivity contribution in [3.05, 3.63) is 83.6 Å². The van der Waals surface area contributed by atoms with Gasteiger partial charge in [-0.3, -0.25) is 9.69 Å². The lowest BCUT2D eigenvalue weighted by atomic mass is 10.1. The molecule has 2 heterocycles. The lowest BCUT2D eigenvalue weighted by Gasteiger charge is -2.32. The van der Waals surface area contributed by atoms with Gasteiger partial charge in [0.15, 0.2) is 0 Å². The minimum atomic E-state index is -0.448. The van der Waals surface area contributed by atoms with Crippen LogP contribution in [0.15, 0.2) is 60.8 Å². The molecule has 8 heteroatoms. The van der Waals surface area contributed by atoms with Gasteiger partial charge in [0.05, 0.1) is 11.3 Å². The molecule has 2 aromatic carbocycles. The van der Waals surface area contributed by atoms with Crippen molar-refractivity contribution in [2.24, 2.45) is 0 Å². The highest BCUT2D eigenvalue weighted by molar-refractivity contribution is 6.05. The van der Waals surface area contributed by atoms with Crippen molar-refractivity contribution in [2.75, 3.05) is 31.6 Å². The highest BCUT2D eigenvalue weighted by Gasteiger charge is 2.19. The molecule has 4 rings (SSSR count). The van der Waals surface area contributed by atoms with Gasteiger partial charge in [0.1, 0.15) is 17.4 Å². The molecule has 1 aliphatic rings. The summed E-state index contributed by atoms with van der Waals surface area (Å²) in [6.45, 7) is 5.55. The molecule has 3 aromatic rings. The molecule has 1 atom stereocenters. The van der Waals surface area contributed by atoms with Gasteiger partial charge in [0, 0.05) is 51.5 Å². The maximum absolute atomic E-state index is 14.9. The molecule has 1 saturated heterocycles. The molecule has 0 bridgehead atoms. The summed E-state index contributed by atoms with van der Waals surface area (Å²) in [6.07, 6.45) is 1.37. The Morgan fingerprint density at radius 3 is 2.64 bits per heavy atom. The van der Waals surface area contributed by atoms with Crippen LogP contribution in [0, 0.1) is 11.6 Å². The molecule has 0 unspecified atom stereocenters. The van der Waals surface area contributed by atoms with Crippen molar-refractivity contribution in [3.8, 4) is 11.6 Å². The maximum Gasteiger partial charge on any atom is 0.259 e. The molecule has 0 saturated carbocycles. The SMILES string of the molecule is C[C@H]1CN(Cc2ccc(N(C)C(=O)c3ccc(Oc4ccc(F)cc4)nc3)c(F)c2)CCN1. The second-order valence-electron chi connectivity index (χ2n) is 8.18. The van der Waals surface area contributed by atoms with Gasteiger partial charge in [0.2, 0.25) is 5.88 Å². The van der Waals surface area contributed by atoms with Crippen LogP contribution in [0.4, 0.5) is 14.5 Å². The fraction of sp³-hybridized carbons (Fsp3) is 0.280. The van der Waals surface area contributed by atoms with E-state index in [9.17, 15) is 13.6 Å². The maximum atomic E-state index is 14.9.